The lowest BCUT2D eigenvalue weighted by Crippen LogP contribution is -2.62. The molecule has 3 N–H and O–H groups in total. The molecule has 0 aliphatic rings. The van der Waals surface area contributed by atoms with Crippen LogP contribution in [0.15, 0.2) is 24.3 Å². The van der Waals surface area contributed by atoms with Crippen molar-refractivity contribution in [2.75, 3.05) is 0 Å². The van der Waals surface area contributed by atoms with Crippen molar-refractivity contribution >= 4 is 17.8 Å². The first kappa shape index (κ1) is 23.5. The Labute approximate surface area is 161 Å². The molecular weight excluding hydrogens is 377 g/mol. The van der Waals surface area contributed by atoms with Gasteiger partial charge >= 0.3 is 18.1 Å². The first-order valence-electron chi connectivity index (χ1n) is 8.74. The molecule has 6 nitrogen and oxygen atoms in total. The number of aryl methyl sites for hydroxylation is 1. The predicted molar refractivity (Wildman–Crippen MR) is 96.5 cm³/mol. The second kappa shape index (κ2) is 9.07. The van der Waals surface area contributed by atoms with E-state index in [-0.39, 0.29) is 18.8 Å². The van der Waals surface area contributed by atoms with Crippen LogP contribution in [0.2, 0.25) is 0 Å². The molecule has 0 aliphatic heterocycles. The van der Waals surface area contributed by atoms with Crippen LogP contribution in [0.5, 0.6) is 0 Å². The number of carboxylic acid groups (broad SMARTS) is 1. The van der Waals surface area contributed by atoms with E-state index in [0.29, 0.717) is 5.56 Å². The van der Waals surface area contributed by atoms with Gasteiger partial charge in [0.1, 0.15) is 11.6 Å². The second-order valence-corrected chi connectivity index (χ2v) is 7.38. The van der Waals surface area contributed by atoms with Crippen molar-refractivity contribution in [1.29, 1.82) is 0 Å². The lowest BCUT2D eigenvalue weighted by molar-refractivity contribution is -0.176. The largest absolute Gasteiger partial charge is 0.480 e. The average Bonchev–Trinajstić information content (AvgIpc) is 2.54. The Balaban J connectivity index is 3.07. The predicted octanol–water partition coefficient (Wildman–Crippen LogP) is 2.59. The average molecular weight is 402 g/mol. The summed E-state index contributed by atoms with van der Waals surface area (Å²) in [6.45, 7) is 6.28. The fraction of sp³-hybridized carbons (Fsp3) is 0.526. The van der Waals surface area contributed by atoms with E-state index in [2.05, 4.69) is 5.32 Å². The normalized spacial score (nSPS) is 14.9. The SMILES string of the molecule is Cc1ccccc1C[C@H](NC(=O)[C@](C)(CC(C)C)NC(=O)C(F)(F)F)C(=O)O. The van der Waals surface area contributed by atoms with E-state index >= 15 is 0 Å². The molecule has 2 amide bonds. The summed E-state index contributed by atoms with van der Waals surface area (Å²) >= 11 is 0. The molecule has 9 heteroatoms. The molecule has 28 heavy (non-hydrogen) atoms. The van der Waals surface area contributed by atoms with Gasteiger partial charge in [0.05, 0.1) is 0 Å². The molecule has 0 radical (unpaired) electrons. The first-order chi connectivity index (χ1) is 12.8. The number of benzene rings is 1. The van der Waals surface area contributed by atoms with Crippen LogP contribution < -0.4 is 10.6 Å². The first-order valence-corrected chi connectivity index (χ1v) is 8.74. The Hall–Kier alpha value is -2.58. The summed E-state index contributed by atoms with van der Waals surface area (Å²) in [7, 11) is 0. The van der Waals surface area contributed by atoms with Crippen LogP contribution in [0.25, 0.3) is 0 Å². The van der Waals surface area contributed by atoms with E-state index in [1.54, 1.807) is 50.4 Å². The van der Waals surface area contributed by atoms with Crippen LogP contribution in [-0.4, -0.2) is 40.6 Å². The standard InChI is InChI=1S/C19H25F3N2O4/c1-11(2)10-18(4,24-17(28)19(20,21)22)16(27)23-14(15(25)26)9-13-8-6-5-7-12(13)3/h5-8,11,14H,9-10H2,1-4H3,(H,23,27)(H,24,28)(H,25,26)/t14-,18-/m0/s1. The number of halogens is 3. The van der Waals surface area contributed by atoms with E-state index in [4.69, 9.17) is 0 Å². The van der Waals surface area contributed by atoms with Gasteiger partial charge in [-0.05, 0) is 37.3 Å². The number of carboxylic acids is 1. The highest BCUT2D eigenvalue weighted by molar-refractivity contribution is 5.94. The summed E-state index contributed by atoms with van der Waals surface area (Å²) in [5.74, 6) is -4.80. The van der Waals surface area contributed by atoms with Crippen molar-refractivity contribution in [3.8, 4) is 0 Å². The minimum atomic E-state index is -5.16. The number of hydrogen-bond acceptors (Lipinski definition) is 3. The fourth-order valence-corrected chi connectivity index (χ4v) is 2.92. The van der Waals surface area contributed by atoms with E-state index < -0.39 is 35.5 Å². The Morgan fingerprint density at radius 2 is 1.68 bits per heavy atom. The highest BCUT2D eigenvalue weighted by Crippen LogP contribution is 2.22. The van der Waals surface area contributed by atoms with Crippen molar-refractivity contribution in [2.45, 2.75) is 58.3 Å². The van der Waals surface area contributed by atoms with Gasteiger partial charge in [-0.2, -0.15) is 13.2 Å². The van der Waals surface area contributed by atoms with E-state index in [9.17, 15) is 32.7 Å². The molecule has 1 aromatic rings. The number of nitrogens with one attached hydrogen (secondary N) is 2. The minimum absolute atomic E-state index is 0.0429. The highest BCUT2D eigenvalue weighted by Gasteiger charge is 2.46. The Morgan fingerprint density at radius 3 is 2.14 bits per heavy atom. The van der Waals surface area contributed by atoms with Gasteiger partial charge in [0, 0.05) is 6.42 Å². The zero-order valence-corrected chi connectivity index (χ0v) is 16.2. The lowest BCUT2D eigenvalue weighted by atomic mass is 9.89. The Bertz CT molecular complexity index is 734. The maximum Gasteiger partial charge on any atom is 0.471 e. The molecule has 0 heterocycles. The van der Waals surface area contributed by atoms with Gasteiger partial charge in [-0.3, -0.25) is 9.59 Å². The summed E-state index contributed by atoms with van der Waals surface area (Å²) in [4.78, 5) is 35.7. The van der Waals surface area contributed by atoms with Crippen molar-refractivity contribution in [2.24, 2.45) is 5.92 Å². The number of carbonyl (C=O) groups is 3. The summed E-state index contributed by atoms with van der Waals surface area (Å²) in [5.41, 5.74) is -0.418. The van der Waals surface area contributed by atoms with Crippen molar-refractivity contribution < 1.29 is 32.7 Å². The Kier molecular flexibility index (Phi) is 7.60. The van der Waals surface area contributed by atoms with Crippen molar-refractivity contribution in [3.63, 3.8) is 0 Å². The minimum Gasteiger partial charge on any atom is -0.480 e. The summed E-state index contributed by atoms with van der Waals surface area (Å²) in [5, 5.41) is 13.4. The highest BCUT2D eigenvalue weighted by atomic mass is 19.4. The third-order valence-electron chi connectivity index (χ3n) is 4.25. The van der Waals surface area contributed by atoms with Gasteiger partial charge < -0.3 is 15.7 Å². The van der Waals surface area contributed by atoms with Crippen LogP contribution in [-0.2, 0) is 20.8 Å². The molecule has 0 fully saturated rings. The molecule has 2 atom stereocenters. The number of carbonyl (C=O) groups excluding carboxylic acids is 2. The molecule has 0 spiro atoms. The molecular formula is C19H25F3N2O4. The number of alkyl halides is 3. The Morgan fingerprint density at radius 1 is 1.11 bits per heavy atom. The smallest absolute Gasteiger partial charge is 0.471 e. The lowest BCUT2D eigenvalue weighted by Gasteiger charge is -2.32. The molecule has 1 rings (SSSR count). The maximum absolute atomic E-state index is 12.7. The van der Waals surface area contributed by atoms with Gasteiger partial charge in [0.25, 0.3) is 0 Å². The van der Waals surface area contributed by atoms with E-state index in [1.807, 2.05) is 0 Å². The van der Waals surface area contributed by atoms with Gasteiger partial charge in [-0.25, -0.2) is 4.79 Å². The van der Waals surface area contributed by atoms with Crippen LogP contribution in [0.1, 0.15) is 38.3 Å². The number of aliphatic carboxylic acids is 1. The third-order valence-corrected chi connectivity index (χ3v) is 4.25. The molecule has 0 aromatic heterocycles. The monoisotopic (exact) mass is 402 g/mol. The molecule has 1 aromatic carbocycles. The van der Waals surface area contributed by atoms with Gasteiger partial charge in [0.2, 0.25) is 5.91 Å². The van der Waals surface area contributed by atoms with E-state index in [0.717, 1.165) is 12.5 Å². The van der Waals surface area contributed by atoms with Crippen molar-refractivity contribution in [1.82, 2.24) is 10.6 Å². The molecule has 0 saturated heterocycles. The van der Waals surface area contributed by atoms with Crippen LogP contribution >= 0.6 is 0 Å². The third kappa shape index (κ3) is 6.54. The topological polar surface area (TPSA) is 95.5 Å². The van der Waals surface area contributed by atoms with Gasteiger partial charge in [0.15, 0.2) is 0 Å². The summed E-state index contributed by atoms with van der Waals surface area (Å²) in [6.07, 6.45) is -5.30. The molecule has 0 bridgehead atoms. The number of rotatable bonds is 8. The van der Waals surface area contributed by atoms with Crippen LogP contribution in [0.3, 0.4) is 0 Å². The summed E-state index contributed by atoms with van der Waals surface area (Å²) in [6, 6.07) is 5.62. The van der Waals surface area contributed by atoms with Crippen LogP contribution in [0, 0.1) is 12.8 Å². The zero-order chi connectivity index (χ0) is 21.7. The van der Waals surface area contributed by atoms with Gasteiger partial charge in [-0.1, -0.05) is 38.1 Å². The van der Waals surface area contributed by atoms with E-state index in [1.165, 1.54) is 0 Å². The fourth-order valence-electron chi connectivity index (χ4n) is 2.92. The second-order valence-electron chi connectivity index (χ2n) is 7.38. The number of hydrogen-bond donors (Lipinski definition) is 3. The molecule has 0 unspecified atom stereocenters. The molecule has 0 saturated carbocycles. The summed E-state index contributed by atoms with van der Waals surface area (Å²) < 4.78 is 38.0. The number of amides is 2. The van der Waals surface area contributed by atoms with Crippen LogP contribution in [0.4, 0.5) is 13.2 Å². The maximum atomic E-state index is 12.7. The molecule has 0 aliphatic carbocycles. The van der Waals surface area contributed by atoms with Crippen molar-refractivity contribution in [3.05, 3.63) is 35.4 Å². The molecule has 156 valence electrons. The zero-order valence-electron chi connectivity index (χ0n) is 16.2. The quantitative estimate of drug-likeness (QED) is 0.623. The van der Waals surface area contributed by atoms with Gasteiger partial charge in [-0.15, -0.1) is 0 Å².